The quantitative estimate of drug-likeness (QED) is 0.763. The molecule has 0 aromatic heterocycles. The Balaban J connectivity index is -0.000000659. The van der Waals surface area contributed by atoms with Gasteiger partial charge in [0.2, 0.25) is 0 Å². The topological polar surface area (TPSA) is 38.5 Å². The van der Waals surface area contributed by atoms with Gasteiger partial charge in [-0.05, 0) is 31.2 Å². The largest absolute Gasteiger partial charge is 0.573 e. The maximum absolute atomic E-state index is 12.0. The van der Waals surface area contributed by atoms with Gasteiger partial charge in [-0.2, -0.15) is 0 Å². The zero-order valence-corrected chi connectivity index (χ0v) is 15.3. The summed E-state index contributed by atoms with van der Waals surface area (Å²) in [7, 11) is 1.81. The molecule has 0 spiro atoms. The fourth-order valence-corrected chi connectivity index (χ4v) is 1.38. The van der Waals surface area contributed by atoms with E-state index in [9.17, 15) is 13.2 Å². The Morgan fingerprint density at radius 2 is 1.54 bits per heavy atom. The number of halogens is 3. The van der Waals surface area contributed by atoms with Gasteiger partial charge in [-0.1, -0.05) is 33.8 Å². The van der Waals surface area contributed by atoms with Crippen molar-refractivity contribution in [1.82, 2.24) is 0 Å². The highest BCUT2D eigenvalue weighted by atomic mass is 19.4. The molecule has 0 saturated carbocycles. The van der Waals surface area contributed by atoms with E-state index in [-0.39, 0.29) is 5.75 Å². The number of hydrogen-bond acceptors (Lipinski definition) is 3. The van der Waals surface area contributed by atoms with Crippen LogP contribution in [-0.2, 0) is 0 Å². The Hall–Kier alpha value is -2.13. The van der Waals surface area contributed by atoms with Crippen LogP contribution in [0.5, 0.6) is 5.75 Å². The molecule has 0 amide bonds. The highest BCUT2D eigenvalue weighted by Crippen LogP contribution is 2.25. The van der Waals surface area contributed by atoms with Gasteiger partial charge >= 0.3 is 6.36 Å². The summed E-state index contributed by atoms with van der Waals surface area (Å²) < 4.78 is 39.7. The number of ether oxygens (including phenoxy) is 1. The van der Waals surface area contributed by atoms with Crippen LogP contribution in [0.2, 0.25) is 0 Å². The predicted molar refractivity (Wildman–Crippen MR) is 96.9 cm³/mol. The number of nitrogens with zero attached hydrogens (tertiary/aromatic N) is 1. The Labute approximate surface area is 144 Å². The van der Waals surface area contributed by atoms with Gasteiger partial charge in [0.1, 0.15) is 5.75 Å². The Morgan fingerprint density at radius 3 is 1.88 bits per heavy atom. The van der Waals surface area contributed by atoms with E-state index in [1.807, 2.05) is 45.6 Å². The summed E-state index contributed by atoms with van der Waals surface area (Å²) in [6.45, 7) is 10.3. The zero-order valence-electron chi connectivity index (χ0n) is 15.3. The van der Waals surface area contributed by atoms with Crippen molar-refractivity contribution in [2.45, 2.75) is 41.0 Å². The lowest BCUT2D eigenvalue weighted by Gasteiger charge is -2.20. The summed E-state index contributed by atoms with van der Waals surface area (Å²) in [5.41, 5.74) is 7.07. The van der Waals surface area contributed by atoms with Crippen molar-refractivity contribution in [2.24, 2.45) is 5.73 Å². The van der Waals surface area contributed by atoms with E-state index in [1.54, 1.807) is 19.2 Å². The summed E-state index contributed by atoms with van der Waals surface area (Å²) in [6.07, 6.45) is 5.16. The molecule has 1 aromatic carbocycles. The average molecular weight is 346 g/mol. The van der Waals surface area contributed by atoms with Gasteiger partial charge < -0.3 is 15.4 Å². The standard InChI is InChI=1S/C12H15F3N2O.2C2H6.C2H2/c1-9(7-8-16)17(2)10-3-5-11(6-4-10)18-12(13,14)15;3*1-2/h3-7H,8,16H2,1-2H3;2*1-2H3;1-2H/b9-7-;;;. The lowest BCUT2D eigenvalue weighted by atomic mass is 10.2. The van der Waals surface area contributed by atoms with Crippen LogP contribution >= 0.6 is 0 Å². The van der Waals surface area contributed by atoms with Crippen molar-refractivity contribution in [2.75, 3.05) is 18.5 Å². The van der Waals surface area contributed by atoms with Gasteiger partial charge in [0.05, 0.1) is 0 Å². The van der Waals surface area contributed by atoms with Crippen LogP contribution in [-0.4, -0.2) is 20.0 Å². The van der Waals surface area contributed by atoms with E-state index in [0.717, 1.165) is 11.4 Å². The minimum absolute atomic E-state index is 0.236. The first-order valence-electron chi connectivity index (χ1n) is 7.63. The molecule has 3 nitrogen and oxygen atoms in total. The molecular formula is C18H29F3N2O. The summed E-state index contributed by atoms with van der Waals surface area (Å²) in [5.74, 6) is -0.236. The van der Waals surface area contributed by atoms with E-state index in [4.69, 9.17) is 5.73 Å². The third-order valence-electron chi connectivity index (χ3n) is 2.40. The summed E-state index contributed by atoms with van der Waals surface area (Å²) in [6, 6.07) is 5.65. The number of rotatable bonds is 4. The smallest absolute Gasteiger partial charge is 0.406 e. The maximum atomic E-state index is 12.0. The lowest BCUT2D eigenvalue weighted by molar-refractivity contribution is -0.274. The van der Waals surface area contributed by atoms with E-state index in [0.29, 0.717) is 6.54 Å². The number of alkyl halides is 3. The van der Waals surface area contributed by atoms with Crippen LogP contribution in [0.1, 0.15) is 34.6 Å². The highest BCUT2D eigenvalue weighted by molar-refractivity contribution is 5.52. The van der Waals surface area contributed by atoms with Crippen molar-refractivity contribution in [3.05, 3.63) is 36.0 Å². The molecule has 6 heteroatoms. The van der Waals surface area contributed by atoms with Gasteiger partial charge in [0.25, 0.3) is 0 Å². The second kappa shape index (κ2) is 15.8. The van der Waals surface area contributed by atoms with E-state index in [2.05, 4.69) is 17.6 Å². The fourth-order valence-electron chi connectivity index (χ4n) is 1.38. The van der Waals surface area contributed by atoms with Crippen molar-refractivity contribution >= 4 is 5.69 Å². The number of hydrogen-bond donors (Lipinski definition) is 1. The molecule has 0 aliphatic carbocycles. The molecule has 0 aliphatic rings. The molecule has 0 heterocycles. The number of anilines is 1. The van der Waals surface area contributed by atoms with Gasteiger partial charge in [0.15, 0.2) is 0 Å². The maximum Gasteiger partial charge on any atom is 0.573 e. The third kappa shape index (κ3) is 12.4. The van der Waals surface area contributed by atoms with E-state index in [1.165, 1.54) is 12.1 Å². The van der Waals surface area contributed by atoms with Gasteiger partial charge in [0, 0.05) is 25.0 Å². The molecule has 1 rings (SSSR count). The summed E-state index contributed by atoms with van der Waals surface area (Å²) >= 11 is 0. The first-order valence-corrected chi connectivity index (χ1v) is 7.63. The zero-order chi connectivity index (χ0) is 19.8. The normalized spacial score (nSPS) is 9.92. The van der Waals surface area contributed by atoms with Crippen LogP contribution in [0.3, 0.4) is 0 Å². The van der Waals surface area contributed by atoms with Crippen molar-refractivity contribution in [3.63, 3.8) is 0 Å². The molecule has 24 heavy (non-hydrogen) atoms. The monoisotopic (exact) mass is 346 g/mol. The SMILES string of the molecule is C#C.C/C(=C/CN)N(C)c1ccc(OC(F)(F)F)cc1.CC.CC. The summed E-state index contributed by atoms with van der Waals surface area (Å²) in [4.78, 5) is 1.82. The third-order valence-corrected chi connectivity index (χ3v) is 2.40. The van der Waals surface area contributed by atoms with Gasteiger partial charge in [-0.15, -0.1) is 26.0 Å². The lowest BCUT2D eigenvalue weighted by Crippen LogP contribution is -2.18. The molecule has 0 bridgehead atoms. The Bertz CT molecular complexity index is 452. The van der Waals surface area contributed by atoms with Gasteiger partial charge in [-0.25, -0.2) is 0 Å². The fraction of sp³-hybridized carbons (Fsp3) is 0.444. The van der Waals surface area contributed by atoms with Crippen molar-refractivity contribution < 1.29 is 17.9 Å². The minimum atomic E-state index is -4.66. The molecule has 0 unspecified atom stereocenters. The molecule has 0 fully saturated rings. The number of nitrogens with two attached hydrogens (primary N) is 1. The molecular weight excluding hydrogens is 317 g/mol. The second-order valence-corrected chi connectivity index (χ2v) is 3.68. The molecule has 1 aromatic rings. The van der Waals surface area contributed by atoms with Crippen LogP contribution in [0.25, 0.3) is 0 Å². The Kier molecular flexibility index (Phi) is 17.6. The van der Waals surface area contributed by atoms with Crippen LogP contribution in [0.4, 0.5) is 18.9 Å². The van der Waals surface area contributed by atoms with Crippen LogP contribution < -0.4 is 15.4 Å². The minimum Gasteiger partial charge on any atom is -0.406 e. The summed E-state index contributed by atoms with van der Waals surface area (Å²) in [5, 5.41) is 0. The molecule has 2 N–H and O–H groups in total. The highest BCUT2D eigenvalue weighted by Gasteiger charge is 2.30. The molecule has 0 saturated heterocycles. The average Bonchev–Trinajstić information content (AvgIpc) is 2.59. The van der Waals surface area contributed by atoms with E-state index >= 15 is 0 Å². The first-order chi connectivity index (χ1) is 11.3. The number of allylic oxidation sites excluding steroid dienone is 1. The molecule has 138 valence electrons. The van der Waals surface area contributed by atoms with Crippen LogP contribution in [0, 0.1) is 12.8 Å². The molecule has 0 aliphatic heterocycles. The number of benzene rings is 1. The van der Waals surface area contributed by atoms with Gasteiger partial charge in [-0.3, -0.25) is 0 Å². The first kappa shape index (κ1) is 26.8. The second-order valence-electron chi connectivity index (χ2n) is 3.68. The number of terminal acetylenes is 1. The van der Waals surface area contributed by atoms with E-state index < -0.39 is 6.36 Å². The van der Waals surface area contributed by atoms with Crippen LogP contribution in [0.15, 0.2) is 36.0 Å². The van der Waals surface area contributed by atoms with Crippen molar-refractivity contribution in [1.29, 1.82) is 0 Å². The molecule has 0 atom stereocenters. The van der Waals surface area contributed by atoms with Crippen molar-refractivity contribution in [3.8, 4) is 18.6 Å². The molecule has 0 radical (unpaired) electrons. The Morgan fingerprint density at radius 1 is 1.12 bits per heavy atom. The predicted octanol–water partition coefficient (Wildman–Crippen LogP) is 5.19.